The van der Waals surface area contributed by atoms with Crippen molar-refractivity contribution >= 4 is 11.6 Å². The number of benzene rings is 1. The summed E-state index contributed by atoms with van der Waals surface area (Å²) in [4.78, 5) is 0. The first-order valence-corrected chi connectivity index (χ1v) is 7.40. The van der Waals surface area contributed by atoms with Crippen LogP contribution in [0.2, 0.25) is 5.02 Å². The summed E-state index contributed by atoms with van der Waals surface area (Å²) in [7, 11) is 0. The van der Waals surface area contributed by atoms with Gasteiger partial charge in [-0.15, -0.1) is 0 Å². The predicted octanol–water partition coefficient (Wildman–Crippen LogP) is 3.40. The van der Waals surface area contributed by atoms with Crippen molar-refractivity contribution in [3.63, 3.8) is 0 Å². The van der Waals surface area contributed by atoms with Crippen molar-refractivity contribution in [2.24, 2.45) is 0 Å². The van der Waals surface area contributed by atoms with Crippen LogP contribution >= 0.6 is 11.6 Å². The standard InChI is InChI=1S/C15H22ClNO2/c1-2-18-9-4-10-19-15-12(5-3-6-14(15)16)11-17-13-7-8-13/h3,5-6,13,17H,2,4,7-11H2,1H3. The summed E-state index contributed by atoms with van der Waals surface area (Å²) < 4.78 is 11.1. The molecule has 0 unspecified atom stereocenters. The molecule has 1 aliphatic carbocycles. The van der Waals surface area contributed by atoms with Crippen LogP contribution in [0.15, 0.2) is 18.2 Å². The second kappa shape index (κ2) is 7.73. The number of hydrogen-bond acceptors (Lipinski definition) is 3. The van der Waals surface area contributed by atoms with Gasteiger partial charge in [0.05, 0.1) is 11.6 Å². The highest BCUT2D eigenvalue weighted by molar-refractivity contribution is 6.32. The minimum Gasteiger partial charge on any atom is -0.492 e. The number of rotatable bonds is 9. The second-order valence-corrected chi connectivity index (χ2v) is 5.19. The number of halogens is 1. The fourth-order valence-electron chi connectivity index (χ4n) is 1.88. The van der Waals surface area contributed by atoms with Crippen molar-refractivity contribution in [3.8, 4) is 5.75 Å². The first-order chi connectivity index (χ1) is 9.31. The molecule has 0 radical (unpaired) electrons. The van der Waals surface area contributed by atoms with E-state index in [1.807, 2.05) is 19.1 Å². The third kappa shape index (κ3) is 5.01. The van der Waals surface area contributed by atoms with Gasteiger partial charge in [-0.05, 0) is 25.8 Å². The van der Waals surface area contributed by atoms with Gasteiger partial charge in [-0.2, -0.15) is 0 Å². The molecule has 4 heteroatoms. The molecule has 0 bridgehead atoms. The second-order valence-electron chi connectivity index (χ2n) is 4.78. The maximum atomic E-state index is 6.22. The fourth-order valence-corrected chi connectivity index (χ4v) is 2.12. The van der Waals surface area contributed by atoms with Crippen molar-refractivity contribution in [1.82, 2.24) is 5.32 Å². The fraction of sp³-hybridized carbons (Fsp3) is 0.600. The van der Waals surface area contributed by atoms with E-state index >= 15 is 0 Å². The summed E-state index contributed by atoms with van der Waals surface area (Å²) in [5.74, 6) is 0.814. The molecule has 0 atom stereocenters. The van der Waals surface area contributed by atoms with Crippen LogP contribution in [0.1, 0.15) is 31.7 Å². The van der Waals surface area contributed by atoms with Crippen LogP contribution in [-0.4, -0.2) is 25.9 Å². The Kier molecular flexibility index (Phi) is 5.95. The van der Waals surface area contributed by atoms with E-state index < -0.39 is 0 Å². The topological polar surface area (TPSA) is 30.5 Å². The van der Waals surface area contributed by atoms with E-state index in [1.165, 1.54) is 12.8 Å². The van der Waals surface area contributed by atoms with E-state index in [9.17, 15) is 0 Å². The number of para-hydroxylation sites is 1. The monoisotopic (exact) mass is 283 g/mol. The van der Waals surface area contributed by atoms with Gasteiger partial charge in [-0.25, -0.2) is 0 Å². The van der Waals surface area contributed by atoms with Gasteiger partial charge in [0.1, 0.15) is 5.75 Å². The molecule has 1 aromatic rings. The van der Waals surface area contributed by atoms with Gasteiger partial charge in [0, 0.05) is 37.8 Å². The summed E-state index contributed by atoms with van der Waals surface area (Å²) in [6, 6.07) is 6.60. The molecule has 1 aromatic carbocycles. The number of ether oxygens (including phenoxy) is 2. The van der Waals surface area contributed by atoms with E-state index in [0.29, 0.717) is 17.7 Å². The van der Waals surface area contributed by atoms with Gasteiger partial charge < -0.3 is 14.8 Å². The van der Waals surface area contributed by atoms with Crippen LogP contribution in [0.4, 0.5) is 0 Å². The molecule has 0 heterocycles. The van der Waals surface area contributed by atoms with Gasteiger partial charge in [0.2, 0.25) is 0 Å². The highest BCUT2D eigenvalue weighted by Crippen LogP contribution is 2.29. The zero-order chi connectivity index (χ0) is 13.5. The molecule has 2 rings (SSSR count). The Balaban J connectivity index is 1.84. The maximum Gasteiger partial charge on any atom is 0.142 e. The minimum atomic E-state index is 0.639. The van der Waals surface area contributed by atoms with Crippen molar-refractivity contribution < 1.29 is 9.47 Å². The van der Waals surface area contributed by atoms with Crippen molar-refractivity contribution in [2.75, 3.05) is 19.8 Å². The lowest BCUT2D eigenvalue weighted by Crippen LogP contribution is -2.16. The van der Waals surface area contributed by atoms with Crippen LogP contribution in [0.25, 0.3) is 0 Å². The molecular weight excluding hydrogens is 262 g/mol. The third-order valence-electron chi connectivity index (χ3n) is 3.09. The molecule has 0 amide bonds. The smallest absolute Gasteiger partial charge is 0.142 e. The zero-order valence-electron chi connectivity index (χ0n) is 11.5. The normalized spacial score (nSPS) is 14.6. The van der Waals surface area contributed by atoms with Gasteiger partial charge in [-0.1, -0.05) is 23.7 Å². The van der Waals surface area contributed by atoms with E-state index in [0.717, 1.165) is 37.5 Å². The minimum absolute atomic E-state index is 0.639. The Labute approximate surface area is 120 Å². The van der Waals surface area contributed by atoms with E-state index in [2.05, 4.69) is 11.4 Å². The number of hydrogen-bond donors (Lipinski definition) is 1. The van der Waals surface area contributed by atoms with Crippen LogP contribution < -0.4 is 10.1 Å². The largest absolute Gasteiger partial charge is 0.492 e. The summed E-state index contributed by atoms with van der Waals surface area (Å²) >= 11 is 6.22. The van der Waals surface area contributed by atoms with E-state index in [-0.39, 0.29) is 0 Å². The van der Waals surface area contributed by atoms with Gasteiger partial charge in [0.25, 0.3) is 0 Å². The van der Waals surface area contributed by atoms with Crippen molar-refractivity contribution in [2.45, 2.75) is 38.8 Å². The Morgan fingerprint density at radius 3 is 2.89 bits per heavy atom. The average molecular weight is 284 g/mol. The van der Waals surface area contributed by atoms with Crippen LogP contribution in [0.3, 0.4) is 0 Å². The molecule has 1 fully saturated rings. The summed E-state index contributed by atoms with van der Waals surface area (Å²) in [6.45, 7) is 4.95. The van der Waals surface area contributed by atoms with E-state index in [1.54, 1.807) is 0 Å². The Hall–Kier alpha value is -0.770. The van der Waals surface area contributed by atoms with Crippen molar-refractivity contribution in [1.29, 1.82) is 0 Å². The highest BCUT2D eigenvalue weighted by atomic mass is 35.5. The third-order valence-corrected chi connectivity index (χ3v) is 3.39. The molecule has 1 N–H and O–H groups in total. The molecular formula is C15H22ClNO2. The Bertz CT molecular complexity index is 394. The maximum absolute atomic E-state index is 6.22. The van der Waals surface area contributed by atoms with Crippen molar-refractivity contribution in [3.05, 3.63) is 28.8 Å². The quantitative estimate of drug-likeness (QED) is 0.705. The molecule has 3 nitrogen and oxygen atoms in total. The molecule has 0 spiro atoms. The molecule has 1 saturated carbocycles. The lowest BCUT2D eigenvalue weighted by Gasteiger charge is -2.13. The lowest BCUT2D eigenvalue weighted by molar-refractivity contribution is 0.130. The molecule has 0 aliphatic heterocycles. The van der Waals surface area contributed by atoms with Crippen LogP contribution in [0.5, 0.6) is 5.75 Å². The molecule has 1 aliphatic rings. The van der Waals surface area contributed by atoms with Gasteiger partial charge >= 0.3 is 0 Å². The van der Waals surface area contributed by atoms with Gasteiger partial charge in [0.15, 0.2) is 0 Å². The zero-order valence-corrected chi connectivity index (χ0v) is 12.2. The predicted molar refractivity (Wildman–Crippen MR) is 77.9 cm³/mol. The molecule has 19 heavy (non-hydrogen) atoms. The van der Waals surface area contributed by atoms with E-state index in [4.69, 9.17) is 21.1 Å². The van der Waals surface area contributed by atoms with Gasteiger partial charge in [-0.3, -0.25) is 0 Å². The average Bonchev–Trinajstić information content (AvgIpc) is 3.22. The van der Waals surface area contributed by atoms with Crippen LogP contribution in [0, 0.1) is 0 Å². The first kappa shape index (κ1) is 14.6. The first-order valence-electron chi connectivity index (χ1n) is 7.02. The molecule has 106 valence electrons. The lowest BCUT2D eigenvalue weighted by atomic mass is 10.2. The summed E-state index contributed by atoms with van der Waals surface area (Å²) in [5, 5.41) is 4.17. The highest BCUT2D eigenvalue weighted by Gasteiger charge is 2.21. The Morgan fingerprint density at radius 1 is 1.32 bits per heavy atom. The molecule has 0 aromatic heterocycles. The Morgan fingerprint density at radius 2 is 2.16 bits per heavy atom. The summed E-state index contributed by atoms with van der Waals surface area (Å²) in [6.07, 6.45) is 3.45. The number of nitrogens with one attached hydrogen (secondary N) is 1. The van der Waals surface area contributed by atoms with Crippen LogP contribution in [-0.2, 0) is 11.3 Å². The summed E-state index contributed by atoms with van der Waals surface area (Å²) in [5.41, 5.74) is 1.14. The SMILES string of the molecule is CCOCCCOc1c(Cl)cccc1CNC1CC1. The molecule has 0 saturated heterocycles.